The lowest BCUT2D eigenvalue weighted by molar-refractivity contribution is 0.101. The van der Waals surface area contributed by atoms with Crippen LogP contribution in [0.5, 0.6) is 0 Å². The van der Waals surface area contributed by atoms with Crippen molar-refractivity contribution in [1.29, 1.82) is 0 Å². The van der Waals surface area contributed by atoms with Crippen LogP contribution in [0.4, 0.5) is 0 Å². The SMILES string of the molecule is CC(=O)c1cnn(C[C@H]2CCOC2)c1. The van der Waals surface area contributed by atoms with Gasteiger partial charge in [-0.1, -0.05) is 0 Å². The van der Waals surface area contributed by atoms with Crippen molar-refractivity contribution in [2.24, 2.45) is 5.92 Å². The van der Waals surface area contributed by atoms with Gasteiger partial charge in [0.25, 0.3) is 0 Å². The molecule has 0 unspecified atom stereocenters. The van der Waals surface area contributed by atoms with E-state index in [0.29, 0.717) is 11.5 Å². The van der Waals surface area contributed by atoms with E-state index in [9.17, 15) is 4.79 Å². The maximum absolute atomic E-state index is 11.0. The fraction of sp³-hybridized carbons (Fsp3) is 0.600. The predicted octanol–water partition coefficient (Wildman–Crippen LogP) is 1.12. The summed E-state index contributed by atoms with van der Waals surface area (Å²) in [6.07, 6.45) is 4.52. The average molecular weight is 194 g/mol. The molecule has 1 aliphatic heterocycles. The number of nitrogens with zero attached hydrogens (tertiary/aromatic N) is 2. The minimum Gasteiger partial charge on any atom is -0.381 e. The molecular weight excluding hydrogens is 180 g/mol. The third-order valence-electron chi connectivity index (χ3n) is 2.51. The van der Waals surface area contributed by atoms with Gasteiger partial charge in [-0.15, -0.1) is 0 Å². The molecule has 4 nitrogen and oxygen atoms in total. The van der Waals surface area contributed by atoms with Crippen molar-refractivity contribution in [3.05, 3.63) is 18.0 Å². The highest BCUT2D eigenvalue weighted by atomic mass is 16.5. The number of carbonyl (C=O) groups excluding carboxylic acids is 1. The van der Waals surface area contributed by atoms with Crippen LogP contribution >= 0.6 is 0 Å². The molecule has 1 fully saturated rings. The Hall–Kier alpha value is -1.16. The minimum absolute atomic E-state index is 0.0684. The maximum Gasteiger partial charge on any atom is 0.162 e. The molecule has 2 rings (SSSR count). The van der Waals surface area contributed by atoms with E-state index in [1.165, 1.54) is 0 Å². The lowest BCUT2D eigenvalue weighted by Gasteiger charge is -2.06. The molecule has 0 aliphatic carbocycles. The molecule has 1 atom stereocenters. The first kappa shape index (κ1) is 9.40. The number of rotatable bonds is 3. The van der Waals surface area contributed by atoms with E-state index in [2.05, 4.69) is 5.10 Å². The summed E-state index contributed by atoms with van der Waals surface area (Å²) in [5.74, 6) is 0.619. The number of carbonyl (C=O) groups is 1. The lowest BCUT2D eigenvalue weighted by Crippen LogP contribution is -2.10. The zero-order valence-corrected chi connectivity index (χ0v) is 8.27. The van der Waals surface area contributed by atoms with Crippen LogP contribution in [-0.4, -0.2) is 28.8 Å². The summed E-state index contributed by atoms with van der Waals surface area (Å²) >= 11 is 0. The van der Waals surface area contributed by atoms with Gasteiger partial charge < -0.3 is 4.74 Å². The largest absolute Gasteiger partial charge is 0.381 e. The smallest absolute Gasteiger partial charge is 0.162 e. The minimum atomic E-state index is 0.0684. The molecule has 1 saturated heterocycles. The number of ether oxygens (including phenoxy) is 1. The van der Waals surface area contributed by atoms with Gasteiger partial charge in [-0.05, 0) is 13.3 Å². The van der Waals surface area contributed by atoms with Crippen molar-refractivity contribution in [3.63, 3.8) is 0 Å². The average Bonchev–Trinajstić information content (AvgIpc) is 2.75. The maximum atomic E-state index is 11.0. The van der Waals surface area contributed by atoms with Gasteiger partial charge in [0, 0.05) is 25.3 Å². The standard InChI is InChI=1S/C10H14N2O2/c1-8(13)10-4-11-12(6-10)5-9-2-3-14-7-9/h4,6,9H,2-3,5,7H2,1H3/t9-/m1/s1. The topological polar surface area (TPSA) is 44.1 Å². The van der Waals surface area contributed by atoms with Gasteiger partial charge >= 0.3 is 0 Å². The third kappa shape index (κ3) is 2.01. The summed E-state index contributed by atoms with van der Waals surface area (Å²) in [4.78, 5) is 11.0. The molecule has 0 radical (unpaired) electrons. The molecule has 1 aromatic heterocycles. The van der Waals surface area contributed by atoms with Gasteiger partial charge in [-0.3, -0.25) is 9.48 Å². The number of ketones is 1. The van der Waals surface area contributed by atoms with Gasteiger partial charge in [0.2, 0.25) is 0 Å². The van der Waals surface area contributed by atoms with Crippen LogP contribution in [-0.2, 0) is 11.3 Å². The summed E-state index contributed by atoms with van der Waals surface area (Å²) in [6.45, 7) is 4.08. The van der Waals surface area contributed by atoms with E-state index in [4.69, 9.17) is 4.74 Å². The molecule has 2 heterocycles. The zero-order valence-electron chi connectivity index (χ0n) is 8.27. The molecule has 0 spiro atoms. The number of aromatic nitrogens is 2. The van der Waals surface area contributed by atoms with E-state index in [1.807, 2.05) is 4.68 Å². The van der Waals surface area contributed by atoms with Crippen molar-refractivity contribution in [3.8, 4) is 0 Å². The summed E-state index contributed by atoms with van der Waals surface area (Å²) in [5.41, 5.74) is 0.684. The summed E-state index contributed by atoms with van der Waals surface area (Å²) in [6, 6.07) is 0. The second-order valence-corrected chi connectivity index (χ2v) is 3.74. The molecule has 4 heteroatoms. The van der Waals surface area contributed by atoms with Crippen molar-refractivity contribution in [2.45, 2.75) is 19.9 Å². The molecule has 0 bridgehead atoms. The zero-order chi connectivity index (χ0) is 9.97. The Morgan fingerprint density at radius 1 is 1.79 bits per heavy atom. The Kier molecular flexibility index (Phi) is 2.63. The highest BCUT2D eigenvalue weighted by molar-refractivity contribution is 5.93. The van der Waals surface area contributed by atoms with E-state index < -0.39 is 0 Å². The van der Waals surface area contributed by atoms with Crippen molar-refractivity contribution in [2.75, 3.05) is 13.2 Å². The van der Waals surface area contributed by atoms with Crippen LogP contribution in [0.15, 0.2) is 12.4 Å². The van der Waals surface area contributed by atoms with Crippen molar-refractivity contribution >= 4 is 5.78 Å². The van der Waals surface area contributed by atoms with Crippen LogP contribution in [0.3, 0.4) is 0 Å². The summed E-state index contributed by atoms with van der Waals surface area (Å²) < 4.78 is 7.10. The highest BCUT2D eigenvalue weighted by Crippen LogP contribution is 2.14. The van der Waals surface area contributed by atoms with Crippen LogP contribution in [0, 0.1) is 5.92 Å². The molecule has 1 aliphatic rings. The summed E-state index contributed by atoms with van der Waals surface area (Å²) in [5, 5.41) is 4.14. The molecule has 14 heavy (non-hydrogen) atoms. The van der Waals surface area contributed by atoms with Gasteiger partial charge in [0.15, 0.2) is 5.78 Å². The van der Waals surface area contributed by atoms with Gasteiger partial charge in [-0.2, -0.15) is 5.10 Å². The van der Waals surface area contributed by atoms with Crippen LogP contribution < -0.4 is 0 Å². The van der Waals surface area contributed by atoms with Crippen LogP contribution in [0.25, 0.3) is 0 Å². The fourth-order valence-electron chi connectivity index (χ4n) is 1.64. The monoisotopic (exact) mass is 194 g/mol. The van der Waals surface area contributed by atoms with Crippen molar-refractivity contribution < 1.29 is 9.53 Å². The van der Waals surface area contributed by atoms with Gasteiger partial charge in [0.05, 0.1) is 18.4 Å². The van der Waals surface area contributed by atoms with Gasteiger partial charge in [0.1, 0.15) is 0 Å². The Labute approximate surface area is 82.9 Å². The lowest BCUT2D eigenvalue weighted by atomic mass is 10.1. The van der Waals surface area contributed by atoms with Gasteiger partial charge in [-0.25, -0.2) is 0 Å². The molecule has 0 saturated carbocycles. The number of hydrogen-bond acceptors (Lipinski definition) is 3. The first-order valence-electron chi connectivity index (χ1n) is 4.87. The van der Waals surface area contributed by atoms with Crippen LogP contribution in [0.2, 0.25) is 0 Å². The molecular formula is C10H14N2O2. The molecule has 0 N–H and O–H groups in total. The molecule has 0 aromatic carbocycles. The summed E-state index contributed by atoms with van der Waals surface area (Å²) in [7, 11) is 0. The Balaban J connectivity index is 1.98. The Bertz CT molecular complexity index is 327. The number of hydrogen-bond donors (Lipinski definition) is 0. The first-order valence-corrected chi connectivity index (χ1v) is 4.87. The van der Waals surface area contributed by atoms with E-state index in [0.717, 1.165) is 26.2 Å². The first-order chi connectivity index (χ1) is 6.75. The third-order valence-corrected chi connectivity index (χ3v) is 2.51. The molecule has 1 aromatic rings. The van der Waals surface area contributed by atoms with E-state index >= 15 is 0 Å². The second kappa shape index (κ2) is 3.92. The second-order valence-electron chi connectivity index (χ2n) is 3.74. The molecule has 76 valence electrons. The quantitative estimate of drug-likeness (QED) is 0.677. The van der Waals surface area contributed by atoms with Crippen molar-refractivity contribution in [1.82, 2.24) is 9.78 Å². The predicted molar refractivity (Wildman–Crippen MR) is 51.2 cm³/mol. The normalized spacial score (nSPS) is 21.4. The van der Waals surface area contributed by atoms with Crippen LogP contribution in [0.1, 0.15) is 23.7 Å². The number of Topliss-reactive ketones (excluding diaryl/α,β-unsaturated/α-hetero) is 1. The highest BCUT2D eigenvalue weighted by Gasteiger charge is 2.16. The Morgan fingerprint density at radius 3 is 3.21 bits per heavy atom. The van der Waals surface area contributed by atoms with E-state index in [1.54, 1.807) is 19.3 Å². The molecule has 0 amide bonds. The van der Waals surface area contributed by atoms with E-state index in [-0.39, 0.29) is 5.78 Å². The Morgan fingerprint density at radius 2 is 2.64 bits per heavy atom. The fourth-order valence-corrected chi connectivity index (χ4v) is 1.64.